The van der Waals surface area contributed by atoms with Gasteiger partial charge in [0.25, 0.3) is 0 Å². The van der Waals surface area contributed by atoms with Gasteiger partial charge in [-0.1, -0.05) is 6.07 Å². The second kappa shape index (κ2) is 7.61. The molecule has 0 saturated carbocycles. The van der Waals surface area contributed by atoms with Crippen molar-refractivity contribution in [2.75, 3.05) is 13.1 Å². The van der Waals surface area contributed by atoms with Gasteiger partial charge in [-0.3, -0.25) is 19.9 Å². The Labute approximate surface area is 160 Å². The molecule has 1 saturated heterocycles. The largest absolute Gasteiger partial charge is 0.489 e. The summed E-state index contributed by atoms with van der Waals surface area (Å²) in [5, 5.41) is 0. The number of aromatic nitrogens is 3. The Morgan fingerprint density at radius 1 is 1.04 bits per heavy atom. The van der Waals surface area contributed by atoms with Crippen LogP contribution in [0.4, 0.5) is 0 Å². The van der Waals surface area contributed by atoms with E-state index >= 15 is 0 Å². The molecule has 1 unspecified atom stereocenters. The Hall–Kier alpha value is -2.53. The van der Waals surface area contributed by atoms with E-state index < -0.39 is 0 Å². The van der Waals surface area contributed by atoms with Crippen molar-refractivity contribution in [2.24, 2.45) is 0 Å². The lowest BCUT2D eigenvalue weighted by Crippen LogP contribution is -2.42. The summed E-state index contributed by atoms with van der Waals surface area (Å²) in [6, 6.07) is 10.8. The molecule has 0 radical (unpaired) electrons. The second-order valence-corrected chi connectivity index (χ2v) is 7.44. The van der Waals surface area contributed by atoms with Crippen molar-refractivity contribution < 1.29 is 4.74 Å². The minimum Gasteiger partial charge on any atom is -0.489 e. The van der Waals surface area contributed by atoms with Crippen LogP contribution in [0.3, 0.4) is 0 Å². The third-order valence-corrected chi connectivity index (χ3v) is 5.29. The molecule has 1 fully saturated rings. The number of ether oxygens (including phenoxy) is 1. The van der Waals surface area contributed by atoms with Gasteiger partial charge in [-0.05, 0) is 57.9 Å². The van der Waals surface area contributed by atoms with Gasteiger partial charge in [-0.25, -0.2) is 0 Å². The van der Waals surface area contributed by atoms with Crippen LogP contribution in [0.2, 0.25) is 0 Å². The van der Waals surface area contributed by atoms with E-state index in [1.165, 1.54) is 5.56 Å². The summed E-state index contributed by atoms with van der Waals surface area (Å²) in [5.74, 6) is 0.931. The summed E-state index contributed by atoms with van der Waals surface area (Å²) in [7, 11) is 0. The van der Waals surface area contributed by atoms with E-state index in [0.717, 1.165) is 54.1 Å². The van der Waals surface area contributed by atoms with Gasteiger partial charge in [0, 0.05) is 48.5 Å². The van der Waals surface area contributed by atoms with E-state index in [1.807, 2.05) is 26.0 Å². The van der Waals surface area contributed by atoms with Crippen LogP contribution in [-0.4, -0.2) is 39.0 Å². The minimum absolute atomic E-state index is 0.211. The highest BCUT2D eigenvalue weighted by Crippen LogP contribution is 2.28. The average molecular weight is 362 g/mol. The van der Waals surface area contributed by atoms with Crippen molar-refractivity contribution in [3.63, 3.8) is 0 Å². The summed E-state index contributed by atoms with van der Waals surface area (Å²) in [6.45, 7) is 8.31. The Kier molecular flexibility index (Phi) is 5.03. The zero-order valence-corrected chi connectivity index (χ0v) is 16.2. The van der Waals surface area contributed by atoms with Crippen LogP contribution in [-0.2, 0) is 0 Å². The molecule has 2 atom stereocenters. The molecule has 0 N–H and O–H groups in total. The van der Waals surface area contributed by atoms with E-state index in [4.69, 9.17) is 4.74 Å². The number of fused-ring (bicyclic) bond motifs is 1. The Balaban J connectivity index is 1.48. The van der Waals surface area contributed by atoms with Crippen molar-refractivity contribution in [2.45, 2.75) is 45.8 Å². The number of nitrogens with zero attached hydrogens (tertiary/aromatic N) is 4. The predicted molar refractivity (Wildman–Crippen MR) is 107 cm³/mol. The maximum absolute atomic E-state index is 6.30. The van der Waals surface area contributed by atoms with Gasteiger partial charge in [0.15, 0.2) is 0 Å². The molecule has 27 heavy (non-hydrogen) atoms. The zero-order chi connectivity index (χ0) is 18.8. The van der Waals surface area contributed by atoms with Crippen molar-refractivity contribution in [1.29, 1.82) is 0 Å². The van der Waals surface area contributed by atoms with Gasteiger partial charge in [-0.2, -0.15) is 0 Å². The monoisotopic (exact) mass is 362 g/mol. The van der Waals surface area contributed by atoms with Crippen LogP contribution in [0.15, 0.2) is 42.7 Å². The maximum Gasteiger partial charge on any atom is 0.123 e. The van der Waals surface area contributed by atoms with Crippen LogP contribution in [0.5, 0.6) is 5.75 Å². The lowest BCUT2D eigenvalue weighted by atomic mass is 10.0. The smallest absolute Gasteiger partial charge is 0.123 e. The van der Waals surface area contributed by atoms with Gasteiger partial charge in [0.2, 0.25) is 0 Å². The highest BCUT2D eigenvalue weighted by atomic mass is 16.5. The molecule has 3 aromatic rings. The van der Waals surface area contributed by atoms with E-state index in [0.29, 0.717) is 6.04 Å². The number of benzene rings is 1. The third kappa shape index (κ3) is 4.08. The van der Waals surface area contributed by atoms with Gasteiger partial charge < -0.3 is 4.74 Å². The van der Waals surface area contributed by atoms with Crippen molar-refractivity contribution in [3.05, 3.63) is 59.7 Å². The first-order chi connectivity index (χ1) is 13.1. The number of pyridine rings is 1. The van der Waals surface area contributed by atoms with E-state index in [9.17, 15) is 0 Å². The fourth-order valence-corrected chi connectivity index (χ4v) is 3.92. The summed E-state index contributed by atoms with van der Waals surface area (Å²) in [6.07, 6.45) is 5.93. The van der Waals surface area contributed by atoms with Crippen molar-refractivity contribution in [3.8, 4) is 5.75 Å². The summed E-state index contributed by atoms with van der Waals surface area (Å²) < 4.78 is 6.30. The first kappa shape index (κ1) is 17.9. The summed E-state index contributed by atoms with van der Waals surface area (Å²) in [4.78, 5) is 15.8. The SMILES string of the molecule is Cc1cc(O[C@@H]2CCCN(C(C)c3ccc4nccnc4c3)C2)cc(C)n1. The van der Waals surface area contributed by atoms with Crippen LogP contribution in [0.1, 0.15) is 42.8 Å². The van der Waals surface area contributed by atoms with Crippen LogP contribution in [0.25, 0.3) is 11.0 Å². The normalized spacial score (nSPS) is 19.1. The molecule has 1 aliphatic rings. The molecule has 0 amide bonds. The molecule has 0 bridgehead atoms. The fraction of sp³-hybridized carbons (Fsp3) is 0.409. The quantitative estimate of drug-likeness (QED) is 0.695. The number of aryl methyl sites for hydroxylation is 2. The molecule has 3 heterocycles. The molecule has 0 spiro atoms. The van der Waals surface area contributed by atoms with Crippen LogP contribution >= 0.6 is 0 Å². The highest BCUT2D eigenvalue weighted by molar-refractivity contribution is 5.74. The molecule has 1 aromatic carbocycles. The van der Waals surface area contributed by atoms with Gasteiger partial charge in [0.05, 0.1) is 11.0 Å². The van der Waals surface area contributed by atoms with Crippen molar-refractivity contribution in [1.82, 2.24) is 19.9 Å². The van der Waals surface area contributed by atoms with Crippen LogP contribution in [0, 0.1) is 13.8 Å². The molecule has 5 heteroatoms. The standard InChI is InChI=1S/C22H26N4O/c1-15-11-20(12-16(2)25-15)27-19-5-4-10-26(14-19)17(3)18-6-7-21-22(13-18)24-9-8-23-21/h6-9,11-13,17,19H,4-5,10,14H2,1-3H3/t17?,19-/m1/s1. The molecular formula is C22H26N4O. The molecule has 2 aromatic heterocycles. The molecule has 140 valence electrons. The first-order valence-corrected chi connectivity index (χ1v) is 9.65. The number of piperidine rings is 1. The second-order valence-electron chi connectivity index (χ2n) is 7.44. The first-order valence-electron chi connectivity index (χ1n) is 9.65. The minimum atomic E-state index is 0.211. The Bertz CT molecular complexity index is 922. The number of hydrogen-bond donors (Lipinski definition) is 0. The maximum atomic E-state index is 6.30. The van der Waals surface area contributed by atoms with E-state index in [-0.39, 0.29) is 6.10 Å². The fourth-order valence-electron chi connectivity index (χ4n) is 3.92. The summed E-state index contributed by atoms with van der Waals surface area (Å²) in [5.41, 5.74) is 5.18. The number of rotatable bonds is 4. The Morgan fingerprint density at radius 2 is 1.78 bits per heavy atom. The van der Waals surface area contributed by atoms with Crippen LogP contribution < -0.4 is 4.74 Å². The predicted octanol–water partition coefficient (Wildman–Crippen LogP) is 4.25. The van der Waals surface area contributed by atoms with E-state index in [2.05, 4.69) is 45.0 Å². The number of likely N-dealkylation sites (tertiary alicyclic amines) is 1. The lowest BCUT2D eigenvalue weighted by Gasteiger charge is -2.37. The third-order valence-electron chi connectivity index (χ3n) is 5.29. The molecule has 0 aliphatic carbocycles. The topological polar surface area (TPSA) is 51.1 Å². The molecule has 5 nitrogen and oxygen atoms in total. The molecule has 1 aliphatic heterocycles. The summed E-state index contributed by atoms with van der Waals surface area (Å²) >= 11 is 0. The van der Waals surface area contributed by atoms with Gasteiger partial charge in [0.1, 0.15) is 11.9 Å². The van der Waals surface area contributed by atoms with Gasteiger partial charge in [-0.15, -0.1) is 0 Å². The Morgan fingerprint density at radius 3 is 2.56 bits per heavy atom. The van der Waals surface area contributed by atoms with Gasteiger partial charge >= 0.3 is 0 Å². The molecular weight excluding hydrogens is 336 g/mol. The number of hydrogen-bond acceptors (Lipinski definition) is 5. The molecule has 4 rings (SSSR count). The highest BCUT2D eigenvalue weighted by Gasteiger charge is 2.26. The zero-order valence-electron chi connectivity index (χ0n) is 16.2. The van der Waals surface area contributed by atoms with Crippen molar-refractivity contribution >= 4 is 11.0 Å². The average Bonchev–Trinajstić information content (AvgIpc) is 2.66. The lowest BCUT2D eigenvalue weighted by molar-refractivity contribution is 0.0657. The van der Waals surface area contributed by atoms with E-state index in [1.54, 1.807) is 12.4 Å².